The fourth-order valence-corrected chi connectivity index (χ4v) is 1.69. The van der Waals surface area contributed by atoms with Crippen LogP contribution in [0.15, 0.2) is 36.4 Å². The first-order valence-corrected chi connectivity index (χ1v) is 5.75. The van der Waals surface area contributed by atoms with Crippen molar-refractivity contribution >= 4 is 17.3 Å². The Morgan fingerprint density at radius 2 is 1.75 bits per heavy atom. The van der Waals surface area contributed by atoms with Crippen molar-refractivity contribution in [2.24, 2.45) is 0 Å². The largest absolute Gasteiger partial charge is 0.397 e. The van der Waals surface area contributed by atoms with E-state index in [1.165, 1.54) is 18.2 Å². The Morgan fingerprint density at radius 1 is 1.05 bits per heavy atom. The van der Waals surface area contributed by atoms with Gasteiger partial charge in [-0.3, -0.25) is 4.79 Å². The summed E-state index contributed by atoms with van der Waals surface area (Å²) >= 11 is 0. The average molecular weight is 280 g/mol. The molecule has 2 rings (SSSR count). The second kappa shape index (κ2) is 5.64. The second-order valence-corrected chi connectivity index (χ2v) is 4.14. The number of rotatable bonds is 3. The number of carbonyl (C=O) groups excluding carboxylic acids is 1. The van der Waals surface area contributed by atoms with Crippen molar-refractivity contribution in [1.82, 2.24) is 0 Å². The molecule has 0 spiro atoms. The Labute approximate surface area is 113 Å². The minimum absolute atomic E-state index is 0.106. The third-order valence-electron chi connectivity index (χ3n) is 2.70. The predicted octanol–water partition coefficient (Wildman–Crippen LogP) is 2.87. The number of nitrogen functional groups attached to an aromatic ring is 1. The SMILES string of the molecule is Nc1ccc(F)c(F)c1NC(=O)Cc1ccccc1F. The number of hydrogen-bond donors (Lipinski definition) is 2. The van der Waals surface area contributed by atoms with Crippen molar-refractivity contribution in [2.75, 3.05) is 11.1 Å². The van der Waals surface area contributed by atoms with Gasteiger partial charge in [0, 0.05) is 0 Å². The lowest BCUT2D eigenvalue weighted by molar-refractivity contribution is -0.115. The third-order valence-corrected chi connectivity index (χ3v) is 2.70. The monoisotopic (exact) mass is 280 g/mol. The van der Waals surface area contributed by atoms with Crippen LogP contribution in [0.3, 0.4) is 0 Å². The van der Waals surface area contributed by atoms with E-state index in [-0.39, 0.29) is 17.7 Å². The van der Waals surface area contributed by atoms with Crippen molar-refractivity contribution in [3.63, 3.8) is 0 Å². The summed E-state index contributed by atoms with van der Waals surface area (Å²) in [5.74, 6) is -3.60. The summed E-state index contributed by atoms with van der Waals surface area (Å²) in [4.78, 5) is 11.7. The van der Waals surface area contributed by atoms with Crippen LogP contribution >= 0.6 is 0 Å². The standard InChI is InChI=1S/C14H11F3N2O/c15-9-4-2-1-3-8(9)7-12(20)19-14-11(18)6-5-10(16)13(14)17/h1-6H,7,18H2,(H,19,20). The van der Waals surface area contributed by atoms with Crippen molar-refractivity contribution in [2.45, 2.75) is 6.42 Å². The number of carbonyl (C=O) groups is 1. The smallest absolute Gasteiger partial charge is 0.229 e. The maximum absolute atomic E-state index is 13.5. The summed E-state index contributed by atoms with van der Waals surface area (Å²) in [6, 6.07) is 7.69. The van der Waals surface area contributed by atoms with Crippen LogP contribution in [0, 0.1) is 17.5 Å². The number of halogens is 3. The van der Waals surface area contributed by atoms with Gasteiger partial charge in [0.15, 0.2) is 11.6 Å². The van der Waals surface area contributed by atoms with E-state index in [0.29, 0.717) is 0 Å². The minimum Gasteiger partial charge on any atom is -0.397 e. The topological polar surface area (TPSA) is 55.1 Å². The highest BCUT2D eigenvalue weighted by Gasteiger charge is 2.15. The lowest BCUT2D eigenvalue weighted by atomic mass is 10.1. The maximum Gasteiger partial charge on any atom is 0.229 e. The maximum atomic E-state index is 13.5. The van der Waals surface area contributed by atoms with Crippen molar-refractivity contribution in [1.29, 1.82) is 0 Å². The van der Waals surface area contributed by atoms with Gasteiger partial charge in [-0.05, 0) is 23.8 Å². The van der Waals surface area contributed by atoms with Crippen LogP contribution in [0.2, 0.25) is 0 Å². The van der Waals surface area contributed by atoms with Crippen LogP contribution in [-0.2, 0) is 11.2 Å². The van der Waals surface area contributed by atoms with E-state index in [1.54, 1.807) is 6.07 Å². The molecule has 3 nitrogen and oxygen atoms in total. The van der Waals surface area contributed by atoms with Gasteiger partial charge in [-0.25, -0.2) is 13.2 Å². The number of amides is 1. The number of nitrogens with one attached hydrogen (secondary N) is 1. The summed E-state index contributed by atoms with van der Waals surface area (Å²) in [5.41, 5.74) is 5.08. The number of hydrogen-bond acceptors (Lipinski definition) is 2. The van der Waals surface area contributed by atoms with Gasteiger partial charge >= 0.3 is 0 Å². The molecule has 3 N–H and O–H groups in total. The van der Waals surface area contributed by atoms with Crippen LogP contribution in [0.25, 0.3) is 0 Å². The molecule has 0 aliphatic rings. The first-order chi connectivity index (χ1) is 9.49. The molecule has 104 valence electrons. The summed E-state index contributed by atoms with van der Waals surface area (Å²) in [6.07, 6.45) is -0.304. The highest BCUT2D eigenvalue weighted by molar-refractivity contribution is 5.95. The lowest BCUT2D eigenvalue weighted by Gasteiger charge is -2.10. The van der Waals surface area contributed by atoms with Crippen molar-refractivity contribution in [3.8, 4) is 0 Å². The van der Waals surface area contributed by atoms with E-state index in [9.17, 15) is 18.0 Å². The molecule has 0 aromatic heterocycles. The van der Waals surface area contributed by atoms with Crippen LogP contribution in [0.1, 0.15) is 5.56 Å². The van der Waals surface area contributed by atoms with E-state index in [2.05, 4.69) is 5.32 Å². The molecule has 0 aliphatic heterocycles. The molecule has 0 bridgehead atoms. The molecule has 1 amide bonds. The quantitative estimate of drug-likeness (QED) is 0.849. The molecule has 0 radical (unpaired) electrons. The summed E-state index contributed by atoms with van der Waals surface area (Å²) in [5, 5.41) is 2.15. The van der Waals surface area contributed by atoms with E-state index in [1.807, 2.05) is 0 Å². The molecule has 20 heavy (non-hydrogen) atoms. The molecule has 0 fully saturated rings. The third kappa shape index (κ3) is 2.90. The normalized spacial score (nSPS) is 10.3. The van der Waals surface area contributed by atoms with Crippen molar-refractivity contribution < 1.29 is 18.0 Å². The minimum atomic E-state index is -1.24. The molecule has 2 aromatic carbocycles. The summed E-state index contributed by atoms with van der Waals surface area (Å²) < 4.78 is 39.9. The van der Waals surface area contributed by atoms with Gasteiger partial charge in [0.25, 0.3) is 0 Å². The summed E-state index contributed by atoms with van der Waals surface area (Å²) in [6.45, 7) is 0. The molecule has 0 saturated carbocycles. The van der Waals surface area contributed by atoms with Gasteiger partial charge in [0.1, 0.15) is 11.5 Å². The fraction of sp³-hybridized carbons (Fsp3) is 0.0714. The predicted molar refractivity (Wildman–Crippen MR) is 69.5 cm³/mol. The van der Waals surface area contributed by atoms with Gasteiger partial charge in [0.2, 0.25) is 5.91 Å². The van der Waals surface area contributed by atoms with Gasteiger partial charge < -0.3 is 11.1 Å². The van der Waals surface area contributed by atoms with E-state index in [0.717, 1.165) is 12.1 Å². The molecular formula is C14H11F3N2O. The van der Waals surface area contributed by atoms with Gasteiger partial charge in [0.05, 0.1) is 12.1 Å². The van der Waals surface area contributed by atoms with E-state index >= 15 is 0 Å². The molecule has 2 aromatic rings. The highest BCUT2D eigenvalue weighted by Crippen LogP contribution is 2.24. The first kappa shape index (κ1) is 13.9. The van der Waals surface area contributed by atoms with Gasteiger partial charge in [-0.15, -0.1) is 0 Å². The Morgan fingerprint density at radius 3 is 2.45 bits per heavy atom. The van der Waals surface area contributed by atoms with Crippen LogP contribution < -0.4 is 11.1 Å². The Hall–Kier alpha value is -2.50. The van der Waals surface area contributed by atoms with E-state index < -0.39 is 29.0 Å². The molecule has 0 unspecified atom stereocenters. The highest BCUT2D eigenvalue weighted by atomic mass is 19.2. The average Bonchev–Trinajstić information content (AvgIpc) is 2.42. The summed E-state index contributed by atoms with van der Waals surface area (Å²) in [7, 11) is 0. The molecule has 0 saturated heterocycles. The van der Waals surface area contributed by atoms with Gasteiger partial charge in [-0.2, -0.15) is 0 Å². The van der Waals surface area contributed by atoms with Crippen LogP contribution in [0.5, 0.6) is 0 Å². The lowest BCUT2D eigenvalue weighted by Crippen LogP contribution is -2.17. The fourth-order valence-electron chi connectivity index (χ4n) is 1.69. The Kier molecular flexibility index (Phi) is 3.93. The van der Waals surface area contributed by atoms with Crippen LogP contribution in [0.4, 0.5) is 24.5 Å². The Balaban J connectivity index is 2.17. The molecule has 0 heterocycles. The zero-order valence-corrected chi connectivity index (χ0v) is 10.3. The second-order valence-electron chi connectivity index (χ2n) is 4.14. The van der Waals surface area contributed by atoms with E-state index in [4.69, 9.17) is 5.73 Å². The zero-order valence-electron chi connectivity index (χ0n) is 10.3. The van der Waals surface area contributed by atoms with Gasteiger partial charge in [-0.1, -0.05) is 18.2 Å². The Bertz CT molecular complexity index is 659. The van der Waals surface area contributed by atoms with Crippen molar-refractivity contribution in [3.05, 3.63) is 59.4 Å². The zero-order chi connectivity index (χ0) is 14.7. The number of anilines is 2. The first-order valence-electron chi connectivity index (χ1n) is 5.75. The number of nitrogens with two attached hydrogens (primary N) is 1. The molecule has 6 heteroatoms. The molecule has 0 aliphatic carbocycles. The van der Waals surface area contributed by atoms with Crippen LogP contribution in [-0.4, -0.2) is 5.91 Å². The molecule has 0 atom stereocenters. The molecular weight excluding hydrogens is 269 g/mol. The number of benzene rings is 2.